The number of aryl methyl sites for hydroxylation is 2. The van der Waals surface area contributed by atoms with Crippen molar-refractivity contribution in [1.82, 2.24) is 5.06 Å². The molecule has 2 amide bonds. The topological polar surface area (TPSA) is 76.8 Å². The Kier molecular flexibility index (Phi) is 3.09. The van der Waals surface area contributed by atoms with Gasteiger partial charge in [0.2, 0.25) is 0 Å². The van der Waals surface area contributed by atoms with Crippen LogP contribution in [0.25, 0.3) is 0 Å². The fourth-order valence-corrected chi connectivity index (χ4v) is 2.47. The fraction of sp³-hybridized carbons (Fsp3) is 0.188. The average molecular weight is 299 g/mol. The van der Waals surface area contributed by atoms with Gasteiger partial charge in [0, 0.05) is 5.56 Å². The third kappa shape index (κ3) is 1.92. The lowest BCUT2D eigenvalue weighted by molar-refractivity contribution is -0.0586. The minimum Gasteiger partial charge on any atom is -0.465 e. The maximum absolute atomic E-state index is 12.3. The van der Waals surface area contributed by atoms with Crippen LogP contribution in [0.15, 0.2) is 28.7 Å². The maximum atomic E-state index is 12.3. The van der Waals surface area contributed by atoms with Gasteiger partial charge in [0.15, 0.2) is 0 Å². The molecule has 0 unspecified atom stereocenters. The summed E-state index contributed by atoms with van der Waals surface area (Å²) in [7, 11) is 0. The molecule has 2 heterocycles. The summed E-state index contributed by atoms with van der Waals surface area (Å²) in [5.41, 5.74) is 1.29. The van der Waals surface area contributed by atoms with Crippen molar-refractivity contribution < 1.29 is 23.6 Å². The molecule has 0 aliphatic carbocycles. The van der Waals surface area contributed by atoms with Gasteiger partial charge in [-0.25, -0.2) is 4.79 Å². The Morgan fingerprint density at radius 3 is 2.00 bits per heavy atom. The Labute approximate surface area is 126 Å². The van der Waals surface area contributed by atoms with Crippen molar-refractivity contribution in [2.24, 2.45) is 0 Å². The maximum Gasteiger partial charge on any atom is 0.367 e. The summed E-state index contributed by atoms with van der Waals surface area (Å²) in [4.78, 5) is 41.6. The fourth-order valence-electron chi connectivity index (χ4n) is 2.47. The van der Waals surface area contributed by atoms with Crippen LogP contribution in [-0.4, -0.2) is 22.8 Å². The number of amides is 2. The molecule has 1 aliphatic rings. The lowest BCUT2D eigenvalue weighted by Gasteiger charge is -2.12. The monoisotopic (exact) mass is 299 g/mol. The molecule has 0 spiro atoms. The lowest BCUT2D eigenvalue weighted by atomic mass is 10.1. The highest BCUT2D eigenvalue weighted by Crippen LogP contribution is 2.26. The van der Waals surface area contributed by atoms with Crippen LogP contribution in [0.1, 0.15) is 48.2 Å². The molecule has 6 heteroatoms. The van der Waals surface area contributed by atoms with Crippen molar-refractivity contribution in [1.29, 1.82) is 0 Å². The van der Waals surface area contributed by atoms with E-state index in [0.29, 0.717) is 22.1 Å². The van der Waals surface area contributed by atoms with E-state index in [1.54, 1.807) is 32.9 Å². The molecule has 2 aromatic rings. The Morgan fingerprint density at radius 1 is 1.00 bits per heavy atom. The lowest BCUT2D eigenvalue weighted by Crippen LogP contribution is -2.32. The number of hydrogen-bond acceptors (Lipinski definition) is 5. The molecule has 6 nitrogen and oxygen atoms in total. The molecule has 0 N–H and O–H groups in total. The van der Waals surface area contributed by atoms with Gasteiger partial charge in [0.1, 0.15) is 17.1 Å². The molecular formula is C16H13NO5. The van der Waals surface area contributed by atoms with Crippen molar-refractivity contribution in [2.75, 3.05) is 0 Å². The highest BCUT2D eigenvalue weighted by atomic mass is 16.7. The predicted octanol–water partition coefficient (Wildman–Crippen LogP) is 2.57. The number of nitrogens with zero attached hydrogens (tertiary/aromatic N) is 1. The minimum absolute atomic E-state index is 0.220. The predicted molar refractivity (Wildman–Crippen MR) is 75.3 cm³/mol. The molecule has 1 aromatic carbocycles. The van der Waals surface area contributed by atoms with Gasteiger partial charge in [-0.15, -0.1) is 0 Å². The Bertz CT molecular complexity index is 783. The summed E-state index contributed by atoms with van der Waals surface area (Å²) < 4.78 is 5.36. The third-order valence-electron chi connectivity index (χ3n) is 3.70. The molecule has 0 bridgehead atoms. The number of carbonyl (C=O) groups is 3. The minimum atomic E-state index is -0.790. The second-order valence-corrected chi connectivity index (χ2v) is 5.04. The molecule has 0 atom stereocenters. The van der Waals surface area contributed by atoms with E-state index in [1.165, 1.54) is 12.1 Å². The van der Waals surface area contributed by atoms with Crippen LogP contribution in [0.2, 0.25) is 0 Å². The Hall–Kier alpha value is -2.89. The summed E-state index contributed by atoms with van der Waals surface area (Å²) in [5, 5.41) is 0.494. The molecule has 3 rings (SSSR count). The summed E-state index contributed by atoms with van der Waals surface area (Å²) in [6.45, 7) is 5.06. The number of imide groups is 1. The second kappa shape index (κ2) is 4.84. The first-order chi connectivity index (χ1) is 10.4. The van der Waals surface area contributed by atoms with E-state index in [4.69, 9.17) is 9.25 Å². The highest BCUT2D eigenvalue weighted by molar-refractivity contribution is 6.21. The molecule has 0 fully saturated rings. The van der Waals surface area contributed by atoms with E-state index in [1.807, 2.05) is 0 Å². The van der Waals surface area contributed by atoms with E-state index in [2.05, 4.69) is 0 Å². The van der Waals surface area contributed by atoms with Crippen molar-refractivity contribution in [3.8, 4) is 0 Å². The first kappa shape index (κ1) is 14.1. The van der Waals surface area contributed by atoms with Gasteiger partial charge in [-0.2, -0.15) is 0 Å². The molecule has 22 heavy (non-hydrogen) atoms. The number of furan rings is 1. The Balaban J connectivity index is 1.90. The molecule has 0 saturated carbocycles. The summed E-state index contributed by atoms with van der Waals surface area (Å²) >= 11 is 0. The van der Waals surface area contributed by atoms with Gasteiger partial charge in [-0.05, 0) is 32.9 Å². The molecule has 1 aliphatic heterocycles. The third-order valence-corrected chi connectivity index (χ3v) is 3.70. The zero-order valence-electron chi connectivity index (χ0n) is 12.3. The number of hydrogen-bond donors (Lipinski definition) is 0. The van der Waals surface area contributed by atoms with Gasteiger partial charge in [0.05, 0.1) is 11.1 Å². The van der Waals surface area contributed by atoms with E-state index in [0.717, 1.165) is 0 Å². The number of benzene rings is 1. The number of hydroxylamine groups is 2. The van der Waals surface area contributed by atoms with Gasteiger partial charge < -0.3 is 9.25 Å². The van der Waals surface area contributed by atoms with Crippen molar-refractivity contribution in [3.63, 3.8) is 0 Å². The van der Waals surface area contributed by atoms with E-state index >= 15 is 0 Å². The van der Waals surface area contributed by atoms with Crippen molar-refractivity contribution in [2.45, 2.75) is 20.8 Å². The van der Waals surface area contributed by atoms with Crippen molar-refractivity contribution >= 4 is 17.8 Å². The average Bonchev–Trinajstić information content (AvgIpc) is 2.88. The quantitative estimate of drug-likeness (QED) is 0.796. The van der Waals surface area contributed by atoms with Crippen LogP contribution >= 0.6 is 0 Å². The number of fused-ring (bicyclic) bond motifs is 1. The largest absolute Gasteiger partial charge is 0.465 e. The molecule has 0 radical (unpaired) electrons. The standard InChI is InChI=1S/C16H13NO5/c1-8-9(2)21-10(3)13(8)16(20)22-17-14(18)11-6-4-5-7-12(11)15(17)19/h4-7H,1-3H3. The summed E-state index contributed by atoms with van der Waals surface area (Å²) in [6.07, 6.45) is 0. The van der Waals surface area contributed by atoms with E-state index in [9.17, 15) is 14.4 Å². The zero-order chi connectivity index (χ0) is 16.0. The van der Waals surface area contributed by atoms with Gasteiger partial charge in [-0.1, -0.05) is 17.2 Å². The second-order valence-electron chi connectivity index (χ2n) is 5.04. The highest BCUT2D eigenvalue weighted by Gasteiger charge is 2.39. The summed E-state index contributed by atoms with van der Waals surface area (Å²) in [6, 6.07) is 6.32. The number of rotatable bonds is 2. The van der Waals surface area contributed by atoms with Gasteiger partial charge in [0.25, 0.3) is 11.8 Å². The Morgan fingerprint density at radius 2 is 1.55 bits per heavy atom. The molecule has 1 aromatic heterocycles. The first-order valence-corrected chi connectivity index (χ1v) is 6.68. The van der Waals surface area contributed by atoms with Crippen LogP contribution in [-0.2, 0) is 4.84 Å². The zero-order valence-corrected chi connectivity index (χ0v) is 12.3. The first-order valence-electron chi connectivity index (χ1n) is 6.68. The van der Waals surface area contributed by atoms with E-state index in [-0.39, 0.29) is 16.7 Å². The van der Waals surface area contributed by atoms with E-state index < -0.39 is 17.8 Å². The number of carbonyl (C=O) groups excluding carboxylic acids is 3. The van der Waals surface area contributed by atoms with Gasteiger partial charge >= 0.3 is 5.97 Å². The van der Waals surface area contributed by atoms with Crippen molar-refractivity contribution in [3.05, 3.63) is 58.0 Å². The molecule has 0 saturated heterocycles. The van der Waals surface area contributed by atoms with Gasteiger partial charge in [-0.3, -0.25) is 9.59 Å². The summed E-state index contributed by atoms with van der Waals surface area (Å²) in [5.74, 6) is -1.11. The van der Waals surface area contributed by atoms with Crippen LogP contribution < -0.4 is 0 Å². The molecule has 112 valence electrons. The van der Waals surface area contributed by atoms with Crippen LogP contribution in [0, 0.1) is 20.8 Å². The van der Waals surface area contributed by atoms with Crippen LogP contribution in [0.3, 0.4) is 0 Å². The normalized spacial score (nSPS) is 13.5. The van der Waals surface area contributed by atoms with Crippen LogP contribution in [0.4, 0.5) is 0 Å². The SMILES string of the molecule is Cc1oc(C)c(C(=O)ON2C(=O)c3ccccc3C2=O)c1C. The smallest absolute Gasteiger partial charge is 0.367 e. The van der Waals surface area contributed by atoms with Crippen LogP contribution in [0.5, 0.6) is 0 Å². The molecular weight excluding hydrogens is 286 g/mol.